The van der Waals surface area contributed by atoms with E-state index in [4.69, 9.17) is 11.6 Å². The van der Waals surface area contributed by atoms with Crippen molar-refractivity contribution in [2.75, 3.05) is 16.4 Å². The summed E-state index contributed by atoms with van der Waals surface area (Å²) in [5.41, 5.74) is 2.45. The molecule has 8 heteroatoms. The highest BCUT2D eigenvalue weighted by Gasteiger charge is 2.15. The normalized spacial score (nSPS) is 10.9. The molecule has 0 aromatic heterocycles. The van der Waals surface area contributed by atoms with Gasteiger partial charge in [-0.25, -0.2) is 0 Å². The molecule has 4 aromatic rings. The number of hydrogen-bond acceptors (Lipinski definition) is 4. The van der Waals surface area contributed by atoms with Gasteiger partial charge in [0.15, 0.2) is 0 Å². The van der Waals surface area contributed by atoms with Crippen molar-refractivity contribution in [3.63, 3.8) is 0 Å². The van der Waals surface area contributed by atoms with Crippen molar-refractivity contribution < 1.29 is 14.4 Å². The summed E-state index contributed by atoms with van der Waals surface area (Å²) in [6.07, 6.45) is 1.58. The maximum atomic E-state index is 13.2. The first-order valence-corrected chi connectivity index (χ1v) is 13.1. The Hall–Kier alpha value is -4.33. The van der Waals surface area contributed by atoms with E-state index in [1.54, 1.807) is 72.8 Å². The van der Waals surface area contributed by atoms with Crippen molar-refractivity contribution >= 4 is 58.5 Å². The molecule has 0 unspecified atom stereocenters. The van der Waals surface area contributed by atoms with Crippen LogP contribution in [0.25, 0.3) is 6.08 Å². The monoisotopic (exact) mass is 541 g/mol. The van der Waals surface area contributed by atoms with Crippen molar-refractivity contribution in [2.45, 2.75) is 4.90 Å². The number of anilines is 2. The third-order valence-corrected chi connectivity index (χ3v) is 6.47. The SMILES string of the molecule is O=C(CSc1cccc(NC(=O)/C(=C/c2ccc(Cl)cc2)NC(=O)c2ccccc2)c1)Nc1ccccc1. The van der Waals surface area contributed by atoms with Gasteiger partial charge in [-0.2, -0.15) is 0 Å². The molecule has 0 fully saturated rings. The van der Waals surface area contributed by atoms with Crippen LogP contribution >= 0.6 is 23.4 Å². The highest BCUT2D eigenvalue weighted by atomic mass is 35.5. The van der Waals surface area contributed by atoms with Gasteiger partial charge in [0.2, 0.25) is 5.91 Å². The first kappa shape index (κ1) is 26.7. The minimum atomic E-state index is -0.492. The molecule has 38 heavy (non-hydrogen) atoms. The number of rotatable bonds is 9. The number of thioether (sulfide) groups is 1. The van der Waals surface area contributed by atoms with E-state index in [-0.39, 0.29) is 17.4 Å². The first-order chi connectivity index (χ1) is 18.5. The molecule has 0 heterocycles. The molecule has 4 aromatic carbocycles. The van der Waals surface area contributed by atoms with Crippen LogP contribution in [0.2, 0.25) is 5.02 Å². The summed E-state index contributed by atoms with van der Waals surface area (Å²) in [6, 6.07) is 32.0. The van der Waals surface area contributed by atoms with E-state index in [0.29, 0.717) is 21.8 Å². The summed E-state index contributed by atoms with van der Waals surface area (Å²) in [5, 5.41) is 8.96. The van der Waals surface area contributed by atoms with Crippen molar-refractivity contribution in [3.8, 4) is 0 Å². The largest absolute Gasteiger partial charge is 0.325 e. The molecule has 3 amide bonds. The van der Waals surface area contributed by atoms with Gasteiger partial charge in [0.25, 0.3) is 11.8 Å². The van der Waals surface area contributed by atoms with Gasteiger partial charge in [0, 0.05) is 26.9 Å². The van der Waals surface area contributed by atoms with Crippen molar-refractivity contribution in [3.05, 3.63) is 131 Å². The Bertz CT molecular complexity index is 1440. The average Bonchev–Trinajstić information content (AvgIpc) is 2.94. The molecule has 0 bridgehead atoms. The van der Waals surface area contributed by atoms with Gasteiger partial charge in [0.1, 0.15) is 5.70 Å². The molecule has 0 atom stereocenters. The topological polar surface area (TPSA) is 87.3 Å². The Morgan fingerprint density at radius 1 is 0.737 bits per heavy atom. The highest BCUT2D eigenvalue weighted by molar-refractivity contribution is 8.00. The Morgan fingerprint density at radius 2 is 1.39 bits per heavy atom. The van der Waals surface area contributed by atoms with Crippen LogP contribution in [0.15, 0.2) is 120 Å². The summed E-state index contributed by atoms with van der Waals surface area (Å²) in [6.45, 7) is 0. The average molecular weight is 542 g/mol. The Morgan fingerprint density at radius 3 is 2.11 bits per heavy atom. The van der Waals surface area contributed by atoms with Crippen LogP contribution in [0, 0.1) is 0 Å². The van der Waals surface area contributed by atoms with E-state index in [1.807, 2.05) is 42.5 Å². The standard InChI is InChI=1S/C30H24ClN3O3S/c31-23-16-14-21(15-17-23)18-27(34-29(36)22-8-3-1-4-9-22)30(37)33-25-12-7-13-26(19-25)38-20-28(35)32-24-10-5-2-6-11-24/h1-19H,20H2,(H,32,35)(H,33,37)(H,34,36)/b27-18-. The third kappa shape index (κ3) is 8.09. The summed E-state index contributed by atoms with van der Waals surface area (Å²) < 4.78 is 0. The molecular weight excluding hydrogens is 518 g/mol. The maximum Gasteiger partial charge on any atom is 0.272 e. The second kappa shape index (κ2) is 13.3. The number of hydrogen-bond donors (Lipinski definition) is 3. The highest BCUT2D eigenvalue weighted by Crippen LogP contribution is 2.23. The molecule has 4 rings (SSSR count). The smallest absolute Gasteiger partial charge is 0.272 e. The second-order valence-corrected chi connectivity index (χ2v) is 9.60. The Labute approximate surface area is 230 Å². The lowest BCUT2D eigenvalue weighted by Gasteiger charge is -2.12. The molecule has 190 valence electrons. The molecule has 0 spiro atoms. The molecule has 0 aliphatic carbocycles. The summed E-state index contributed by atoms with van der Waals surface area (Å²) in [4.78, 5) is 39.1. The fraction of sp³-hybridized carbons (Fsp3) is 0.0333. The molecule has 0 aliphatic heterocycles. The Balaban J connectivity index is 1.45. The van der Waals surface area contributed by atoms with Gasteiger partial charge < -0.3 is 16.0 Å². The lowest BCUT2D eigenvalue weighted by molar-refractivity contribution is -0.114. The van der Waals surface area contributed by atoms with Crippen LogP contribution in [0.4, 0.5) is 11.4 Å². The van der Waals surface area contributed by atoms with Crippen LogP contribution in [0.1, 0.15) is 15.9 Å². The predicted molar refractivity (Wildman–Crippen MR) is 154 cm³/mol. The van der Waals surface area contributed by atoms with E-state index < -0.39 is 11.8 Å². The van der Waals surface area contributed by atoms with Crippen LogP contribution in [0.5, 0.6) is 0 Å². The van der Waals surface area contributed by atoms with Gasteiger partial charge in [-0.15, -0.1) is 11.8 Å². The van der Waals surface area contributed by atoms with E-state index in [1.165, 1.54) is 11.8 Å². The molecule has 3 N–H and O–H groups in total. The summed E-state index contributed by atoms with van der Waals surface area (Å²) in [7, 11) is 0. The Kier molecular flexibility index (Phi) is 9.34. The van der Waals surface area contributed by atoms with Gasteiger partial charge in [-0.05, 0) is 66.2 Å². The van der Waals surface area contributed by atoms with Gasteiger partial charge >= 0.3 is 0 Å². The predicted octanol–water partition coefficient (Wildman–Crippen LogP) is 6.48. The number of halogens is 1. The van der Waals surface area contributed by atoms with Gasteiger partial charge in [-0.1, -0.05) is 66.2 Å². The number of para-hydroxylation sites is 1. The fourth-order valence-electron chi connectivity index (χ4n) is 3.40. The molecule has 0 aliphatic rings. The zero-order valence-electron chi connectivity index (χ0n) is 20.2. The molecule has 0 saturated heterocycles. The zero-order chi connectivity index (χ0) is 26.7. The molecule has 0 saturated carbocycles. The second-order valence-electron chi connectivity index (χ2n) is 8.11. The molecule has 6 nitrogen and oxygen atoms in total. The van der Waals surface area contributed by atoms with E-state index in [9.17, 15) is 14.4 Å². The van der Waals surface area contributed by atoms with Crippen molar-refractivity contribution in [2.24, 2.45) is 0 Å². The van der Waals surface area contributed by atoms with Crippen molar-refractivity contribution in [1.82, 2.24) is 5.32 Å². The van der Waals surface area contributed by atoms with Crippen molar-refractivity contribution in [1.29, 1.82) is 0 Å². The molecule has 0 radical (unpaired) electrons. The number of benzene rings is 4. The lowest BCUT2D eigenvalue weighted by atomic mass is 10.1. The van der Waals surface area contributed by atoms with Gasteiger partial charge in [-0.3, -0.25) is 14.4 Å². The van der Waals surface area contributed by atoms with E-state index in [2.05, 4.69) is 16.0 Å². The summed E-state index contributed by atoms with van der Waals surface area (Å²) in [5.74, 6) is -0.823. The third-order valence-electron chi connectivity index (χ3n) is 5.23. The van der Waals surface area contributed by atoms with Gasteiger partial charge in [0.05, 0.1) is 5.75 Å². The van der Waals surface area contributed by atoms with E-state index >= 15 is 0 Å². The molecular formula is C30H24ClN3O3S. The number of carbonyl (C=O) groups is 3. The number of amides is 3. The maximum absolute atomic E-state index is 13.2. The van der Waals surface area contributed by atoms with Crippen LogP contribution in [0.3, 0.4) is 0 Å². The number of carbonyl (C=O) groups excluding carboxylic acids is 3. The quantitative estimate of drug-likeness (QED) is 0.167. The fourth-order valence-corrected chi connectivity index (χ4v) is 4.28. The minimum absolute atomic E-state index is 0.0708. The first-order valence-electron chi connectivity index (χ1n) is 11.7. The van der Waals surface area contributed by atoms with Crippen LogP contribution in [-0.2, 0) is 9.59 Å². The summed E-state index contributed by atoms with van der Waals surface area (Å²) >= 11 is 7.34. The van der Waals surface area contributed by atoms with Crippen LogP contribution < -0.4 is 16.0 Å². The minimum Gasteiger partial charge on any atom is -0.325 e. The lowest BCUT2D eigenvalue weighted by Crippen LogP contribution is -2.30. The van der Waals surface area contributed by atoms with E-state index in [0.717, 1.165) is 10.6 Å². The zero-order valence-corrected chi connectivity index (χ0v) is 21.8. The van der Waals surface area contributed by atoms with Crippen LogP contribution in [-0.4, -0.2) is 23.5 Å². The number of nitrogens with one attached hydrogen (secondary N) is 3.